The molecule has 1 unspecified atom stereocenters. The van der Waals surface area contributed by atoms with Gasteiger partial charge in [0.2, 0.25) is 12.3 Å². The van der Waals surface area contributed by atoms with Gasteiger partial charge in [-0.2, -0.15) is 0 Å². The molecule has 1 aromatic carbocycles. The highest BCUT2D eigenvalue weighted by atomic mass is 16.6. The Morgan fingerprint density at radius 2 is 2.07 bits per heavy atom. The summed E-state index contributed by atoms with van der Waals surface area (Å²) < 4.78 is 16.8. The minimum atomic E-state index is -0.227. The molecule has 1 aliphatic heterocycles. The van der Waals surface area contributed by atoms with Crippen molar-refractivity contribution in [1.29, 1.82) is 0 Å². The molecule has 0 radical (unpaired) electrons. The molecule has 1 aliphatic rings. The number of carbonyl (C=O) groups excluding carboxylic acids is 1. The average molecular weight is 376 g/mol. The van der Waals surface area contributed by atoms with Gasteiger partial charge in [-0.05, 0) is 18.6 Å². The number of nitrogens with zero attached hydrogens (tertiary/aromatic N) is 3. The van der Waals surface area contributed by atoms with Crippen LogP contribution in [0, 0.1) is 0 Å². The van der Waals surface area contributed by atoms with Crippen LogP contribution in [0.25, 0.3) is 0 Å². The van der Waals surface area contributed by atoms with E-state index in [9.17, 15) is 10.0 Å². The predicted octanol–water partition coefficient (Wildman–Crippen LogP) is 3.10. The molecule has 0 saturated carbocycles. The third-order valence-electron chi connectivity index (χ3n) is 4.27. The highest BCUT2D eigenvalue weighted by molar-refractivity contribution is 5.59. The third kappa shape index (κ3) is 5.10. The van der Waals surface area contributed by atoms with Crippen LogP contribution in [0.3, 0.4) is 0 Å². The fourth-order valence-electron chi connectivity index (χ4n) is 2.90. The van der Waals surface area contributed by atoms with Gasteiger partial charge in [-0.25, -0.2) is 5.06 Å². The van der Waals surface area contributed by atoms with E-state index in [-0.39, 0.29) is 18.5 Å². The topological polar surface area (TPSA) is 110 Å². The summed E-state index contributed by atoms with van der Waals surface area (Å²) in [5.74, 6) is 1.51. The Morgan fingerprint density at radius 3 is 2.85 bits per heavy atom. The van der Waals surface area contributed by atoms with Crippen molar-refractivity contribution in [3.8, 4) is 11.5 Å². The van der Waals surface area contributed by atoms with Crippen molar-refractivity contribution in [2.45, 2.75) is 38.5 Å². The molecule has 0 aliphatic carbocycles. The first-order valence-corrected chi connectivity index (χ1v) is 9.10. The number of rotatable bonds is 10. The van der Waals surface area contributed by atoms with Gasteiger partial charge in [0.1, 0.15) is 13.2 Å². The van der Waals surface area contributed by atoms with Crippen LogP contribution >= 0.6 is 0 Å². The molecule has 1 aromatic heterocycles. The third-order valence-corrected chi connectivity index (χ3v) is 4.27. The number of carbonyl (C=O) groups is 1. The maximum atomic E-state index is 10.7. The molecule has 27 heavy (non-hydrogen) atoms. The van der Waals surface area contributed by atoms with E-state index in [4.69, 9.17) is 13.9 Å². The maximum Gasteiger partial charge on any atom is 0.320 e. The number of nitrogens with one attached hydrogen (secondary N) is 1. The number of ether oxygens (including phenoxy) is 2. The van der Waals surface area contributed by atoms with Gasteiger partial charge in [0.25, 0.3) is 0 Å². The molecule has 2 heterocycles. The molecule has 3 rings (SSSR count). The van der Waals surface area contributed by atoms with E-state index in [0.29, 0.717) is 42.1 Å². The Labute approximate surface area is 157 Å². The summed E-state index contributed by atoms with van der Waals surface area (Å²) in [4.78, 5) is 10.7. The van der Waals surface area contributed by atoms with Gasteiger partial charge in [-0.3, -0.25) is 10.0 Å². The first kappa shape index (κ1) is 19.0. The minimum Gasteiger partial charge on any atom is -0.486 e. The van der Waals surface area contributed by atoms with E-state index in [1.165, 1.54) is 0 Å². The van der Waals surface area contributed by atoms with Crippen molar-refractivity contribution in [2.75, 3.05) is 25.1 Å². The Kier molecular flexibility index (Phi) is 6.48. The molecule has 0 fully saturated rings. The van der Waals surface area contributed by atoms with Gasteiger partial charge in [0, 0.05) is 11.8 Å². The molecule has 2 aromatic rings. The second-order valence-corrected chi connectivity index (χ2v) is 6.35. The van der Waals surface area contributed by atoms with Crippen molar-refractivity contribution in [3.05, 3.63) is 24.1 Å². The molecule has 1 atom stereocenters. The fraction of sp³-hybridized carbons (Fsp3) is 0.500. The zero-order chi connectivity index (χ0) is 19.1. The van der Waals surface area contributed by atoms with Crippen LogP contribution in [-0.2, 0) is 4.79 Å². The number of benzene rings is 1. The minimum absolute atomic E-state index is 0.110. The smallest absolute Gasteiger partial charge is 0.320 e. The van der Waals surface area contributed by atoms with E-state index >= 15 is 0 Å². The molecule has 0 saturated heterocycles. The molecular formula is C18H24N4O5. The van der Waals surface area contributed by atoms with E-state index < -0.39 is 0 Å². The van der Waals surface area contributed by atoms with Crippen molar-refractivity contribution in [1.82, 2.24) is 15.3 Å². The summed E-state index contributed by atoms with van der Waals surface area (Å²) in [5, 5.41) is 21.3. The van der Waals surface area contributed by atoms with Crippen LogP contribution in [0.4, 0.5) is 11.7 Å². The zero-order valence-electron chi connectivity index (χ0n) is 15.3. The van der Waals surface area contributed by atoms with Gasteiger partial charge in [0.05, 0.1) is 12.5 Å². The normalized spacial score (nSPS) is 13.9. The van der Waals surface area contributed by atoms with E-state index in [0.717, 1.165) is 31.4 Å². The van der Waals surface area contributed by atoms with E-state index in [1.807, 2.05) is 12.1 Å². The number of hydroxylamine groups is 2. The summed E-state index contributed by atoms with van der Waals surface area (Å²) in [5.41, 5.74) is 0.730. The van der Waals surface area contributed by atoms with Crippen molar-refractivity contribution < 1.29 is 23.9 Å². The summed E-state index contributed by atoms with van der Waals surface area (Å²) in [6, 6.07) is 5.68. The number of fused-ring (bicyclic) bond motifs is 1. The average Bonchev–Trinajstić information content (AvgIpc) is 3.15. The fourth-order valence-corrected chi connectivity index (χ4v) is 2.90. The lowest BCUT2D eigenvalue weighted by atomic mass is 10.0. The Balaban J connectivity index is 1.68. The second-order valence-electron chi connectivity index (χ2n) is 6.35. The molecule has 9 heteroatoms. The molecule has 9 nitrogen and oxygen atoms in total. The molecule has 0 bridgehead atoms. The molecule has 1 amide bonds. The van der Waals surface area contributed by atoms with Crippen molar-refractivity contribution in [3.63, 3.8) is 0 Å². The van der Waals surface area contributed by atoms with Crippen molar-refractivity contribution >= 4 is 18.1 Å². The van der Waals surface area contributed by atoms with Crippen LogP contribution in [-0.4, -0.2) is 46.6 Å². The summed E-state index contributed by atoms with van der Waals surface area (Å²) >= 11 is 0. The number of aromatic nitrogens is 2. The quantitative estimate of drug-likeness (QED) is 0.282. The summed E-state index contributed by atoms with van der Waals surface area (Å²) in [7, 11) is 0. The van der Waals surface area contributed by atoms with Gasteiger partial charge >= 0.3 is 6.01 Å². The Bertz CT molecular complexity index is 751. The van der Waals surface area contributed by atoms with Gasteiger partial charge < -0.3 is 19.2 Å². The molecule has 146 valence electrons. The highest BCUT2D eigenvalue weighted by Gasteiger charge is 2.21. The second kappa shape index (κ2) is 9.22. The first-order chi connectivity index (χ1) is 13.2. The Morgan fingerprint density at radius 1 is 1.26 bits per heavy atom. The summed E-state index contributed by atoms with van der Waals surface area (Å²) in [6.45, 7) is 3.27. The Hall–Kier alpha value is -2.81. The molecule has 0 spiro atoms. The lowest BCUT2D eigenvalue weighted by molar-refractivity contribution is -0.151. The lowest BCUT2D eigenvalue weighted by Gasteiger charge is -2.18. The van der Waals surface area contributed by atoms with Crippen LogP contribution in [0.5, 0.6) is 11.5 Å². The number of anilines is 2. The largest absolute Gasteiger partial charge is 0.486 e. The number of hydrogen-bond acceptors (Lipinski definition) is 8. The summed E-state index contributed by atoms with van der Waals surface area (Å²) in [6.07, 6.45) is 4.19. The van der Waals surface area contributed by atoms with Crippen LogP contribution in [0.1, 0.15) is 44.4 Å². The zero-order valence-corrected chi connectivity index (χ0v) is 15.3. The first-order valence-electron chi connectivity index (χ1n) is 9.10. The SMILES string of the molecule is CCCCCC(CN(O)C=O)c1nnc(Nc2ccc3c(c2)OCCO3)o1. The van der Waals surface area contributed by atoms with Gasteiger partial charge in [-0.15, -0.1) is 5.10 Å². The lowest BCUT2D eigenvalue weighted by Crippen LogP contribution is -2.24. The van der Waals surface area contributed by atoms with Crippen LogP contribution in [0.15, 0.2) is 22.6 Å². The van der Waals surface area contributed by atoms with E-state index in [2.05, 4.69) is 22.4 Å². The predicted molar refractivity (Wildman–Crippen MR) is 96.5 cm³/mol. The van der Waals surface area contributed by atoms with Gasteiger partial charge in [-0.1, -0.05) is 31.3 Å². The number of amides is 1. The van der Waals surface area contributed by atoms with E-state index in [1.54, 1.807) is 6.07 Å². The van der Waals surface area contributed by atoms with Crippen LogP contribution < -0.4 is 14.8 Å². The van der Waals surface area contributed by atoms with Gasteiger partial charge in [0.15, 0.2) is 11.5 Å². The highest BCUT2D eigenvalue weighted by Crippen LogP contribution is 2.33. The number of unbranched alkanes of at least 4 members (excludes halogenated alkanes) is 2. The molecular weight excluding hydrogens is 352 g/mol. The van der Waals surface area contributed by atoms with Crippen LogP contribution in [0.2, 0.25) is 0 Å². The number of hydrogen-bond donors (Lipinski definition) is 2. The molecule has 2 N–H and O–H groups in total. The van der Waals surface area contributed by atoms with Crippen molar-refractivity contribution in [2.24, 2.45) is 0 Å². The maximum absolute atomic E-state index is 10.7. The standard InChI is InChI=1S/C18H24N4O5/c1-2-3-4-5-13(11-22(24)12-23)17-20-21-18(27-17)19-14-6-7-15-16(10-14)26-9-8-25-15/h6-7,10,12-13,24H,2-5,8-9,11H2,1H3,(H,19,21). The monoisotopic (exact) mass is 376 g/mol.